The molecule has 3 heteroatoms. The highest BCUT2D eigenvalue weighted by Crippen LogP contribution is 2.19. The van der Waals surface area contributed by atoms with Gasteiger partial charge in [0.05, 0.1) is 0 Å². The third-order valence-electron chi connectivity index (χ3n) is 2.82. The van der Waals surface area contributed by atoms with Gasteiger partial charge in [0.15, 0.2) is 0 Å². The largest absolute Gasteiger partial charge is 0.319 e. The topological polar surface area (TPSA) is 15.3 Å². The van der Waals surface area contributed by atoms with Gasteiger partial charge in [0.1, 0.15) is 0 Å². The Balaban J connectivity index is 2.52. The highest BCUT2D eigenvalue weighted by atomic mass is 35.5. The van der Waals surface area contributed by atoms with Crippen molar-refractivity contribution in [3.63, 3.8) is 0 Å². The molecule has 0 spiro atoms. The SMILES string of the molecule is CNCC(C)CN(C)Cc1ccc(C)cc1Cl. The molecule has 2 nitrogen and oxygen atoms in total. The van der Waals surface area contributed by atoms with Crippen molar-refractivity contribution >= 4 is 11.6 Å². The number of aryl methyl sites for hydroxylation is 1. The highest BCUT2D eigenvalue weighted by Gasteiger charge is 2.08. The van der Waals surface area contributed by atoms with E-state index in [2.05, 4.69) is 43.2 Å². The number of hydrogen-bond acceptors (Lipinski definition) is 2. The lowest BCUT2D eigenvalue weighted by molar-refractivity contribution is 0.276. The summed E-state index contributed by atoms with van der Waals surface area (Å²) in [5.74, 6) is 0.647. The summed E-state index contributed by atoms with van der Waals surface area (Å²) >= 11 is 6.23. The number of nitrogens with zero attached hydrogens (tertiary/aromatic N) is 1. The van der Waals surface area contributed by atoms with E-state index in [0.29, 0.717) is 5.92 Å². The Morgan fingerprint density at radius 2 is 2.12 bits per heavy atom. The Labute approximate surface area is 110 Å². The Morgan fingerprint density at radius 1 is 1.41 bits per heavy atom. The van der Waals surface area contributed by atoms with Gasteiger partial charge < -0.3 is 10.2 Å². The molecule has 0 heterocycles. The molecule has 96 valence electrons. The third kappa shape index (κ3) is 5.07. The molecular formula is C14H23ClN2. The van der Waals surface area contributed by atoms with E-state index in [1.54, 1.807) is 0 Å². The summed E-state index contributed by atoms with van der Waals surface area (Å²) < 4.78 is 0. The van der Waals surface area contributed by atoms with Gasteiger partial charge >= 0.3 is 0 Å². The highest BCUT2D eigenvalue weighted by molar-refractivity contribution is 6.31. The summed E-state index contributed by atoms with van der Waals surface area (Å²) in [7, 11) is 4.13. The second-order valence-corrected chi connectivity index (χ2v) is 5.36. The van der Waals surface area contributed by atoms with E-state index in [0.717, 1.165) is 24.7 Å². The fourth-order valence-corrected chi connectivity index (χ4v) is 2.38. The van der Waals surface area contributed by atoms with Crippen LogP contribution in [0.15, 0.2) is 18.2 Å². The first kappa shape index (κ1) is 14.5. The van der Waals surface area contributed by atoms with Crippen LogP contribution in [0, 0.1) is 12.8 Å². The summed E-state index contributed by atoms with van der Waals surface area (Å²) in [5, 5.41) is 4.08. The van der Waals surface area contributed by atoms with E-state index in [-0.39, 0.29) is 0 Å². The molecule has 1 aromatic carbocycles. The van der Waals surface area contributed by atoms with Gasteiger partial charge in [-0.05, 0) is 50.7 Å². The van der Waals surface area contributed by atoms with Crippen molar-refractivity contribution in [2.24, 2.45) is 5.92 Å². The summed E-state index contributed by atoms with van der Waals surface area (Å²) in [6.45, 7) is 7.35. The lowest BCUT2D eigenvalue weighted by Gasteiger charge is -2.21. The van der Waals surface area contributed by atoms with Crippen molar-refractivity contribution < 1.29 is 0 Å². The Hall–Kier alpha value is -0.570. The molecule has 0 bridgehead atoms. The Morgan fingerprint density at radius 3 is 2.71 bits per heavy atom. The number of nitrogens with one attached hydrogen (secondary N) is 1. The lowest BCUT2D eigenvalue weighted by atomic mass is 10.1. The fourth-order valence-electron chi connectivity index (χ4n) is 2.08. The second-order valence-electron chi connectivity index (χ2n) is 4.95. The maximum absolute atomic E-state index is 6.23. The van der Waals surface area contributed by atoms with Crippen molar-refractivity contribution in [1.82, 2.24) is 10.2 Å². The van der Waals surface area contributed by atoms with Gasteiger partial charge in [0, 0.05) is 18.1 Å². The van der Waals surface area contributed by atoms with E-state index in [1.165, 1.54) is 11.1 Å². The van der Waals surface area contributed by atoms with Crippen LogP contribution in [0.4, 0.5) is 0 Å². The number of halogens is 1. The summed E-state index contributed by atoms with van der Waals surface area (Å²) in [6, 6.07) is 6.27. The van der Waals surface area contributed by atoms with Crippen LogP contribution in [-0.2, 0) is 6.54 Å². The summed E-state index contributed by atoms with van der Waals surface area (Å²) in [6.07, 6.45) is 0. The predicted molar refractivity (Wildman–Crippen MR) is 75.6 cm³/mol. The van der Waals surface area contributed by atoms with E-state index in [4.69, 9.17) is 11.6 Å². The first-order valence-electron chi connectivity index (χ1n) is 6.11. The Kier molecular flexibility index (Phi) is 5.96. The van der Waals surface area contributed by atoms with E-state index in [1.807, 2.05) is 13.1 Å². The molecule has 0 aliphatic heterocycles. The maximum Gasteiger partial charge on any atom is 0.0453 e. The van der Waals surface area contributed by atoms with Crippen molar-refractivity contribution in [2.45, 2.75) is 20.4 Å². The molecule has 0 aliphatic rings. The molecule has 0 amide bonds. The van der Waals surface area contributed by atoms with Crippen LogP contribution in [0.2, 0.25) is 5.02 Å². The molecule has 0 aliphatic carbocycles. The molecule has 1 unspecified atom stereocenters. The van der Waals surface area contributed by atoms with Crippen LogP contribution < -0.4 is 5.32 Å². The molecule has 0 saturated carbocycles. The first-order valence-corrected chi connectivity index (χ1v) is 6.49. The Bertz CT molecular complexity index is 352. The third-order valence-corrected chi connectivity index (χ3v) is 3.18. The minimum absolute atomic E-state index is 0.647. The molecule has 0 saturated heterocycles. The van der Waals surface area contributed by atoms with Crippen LogP contribution in [-0.4, -0.2) is 32.1 Å². The fraction of sp³-hybridized carbons (Fsp3) is 0.571. The van der Waals surface area contributed by atoms with Gasteiger partial charge in [0.2, 0.25) is 0 Å². The van der Waals surface area contributed by atoms with Gasteiger partial charge in [-0.2, -0.15) is 0 Å². The summed E-state index contributed by atoms with van der Waals surface area (Å²) in [4.78, 5) is 2.32. The van der Waals surface area contributed by atoms with Crippen molar-refractivity contribution in [3.8, 4) is 0 Å². The lowest BCUT2D eigenvalue weighted by Crippen LogP contribution is -2.29. The second kappa shape index (κ2) is 7.00. The van der Waals surface area contributed by atoms with E-state index < -0.39 is 0 Å². The average molecular weight is 255 g/mol. The molecular weight excluding hydrogens is 232 g/mol. The monoisotopic (exact) mass is 254 g/mol. The molecule has 1 aromatic rings. The molecule has 0 radical (unpaired) electrons. The van der Waals surface area contributed by atoms with Crippen LogP contribution in [0.3, 0.4) is 0 Å². The first-order chi connectivity index (χ1) is 8.02. The molecule has 17 heavy (non-hydrogen) atoms. The van der Waals surface area contributed by atoms with Gasteiger partial charge in [-0.3, -0.25) is 0 Å². The molecule has 0 aromatic heterocycles. The maximum atomic E-state index is 6.23. The average Bonchev–Trinajstić information content (AvgIpc) is 2.22. The van der Waals surface area contributed by atoms with Crippen LogP contribution >= 0.6 is 11.6 Å². The number of rotatable bonds is 6. The summed E-state index contributed by atoms with van der Waals surface area (Å²) in [5.41, 5.74) is 2.42. The molecule has 1 N–H and O–H groups in total. The van der Waals surface area contributed by atoms with Gasteiger partial charge in [-0.15, -0.1) is 0 Å². The minimum Gasteiger partial charge on any atom is -0.319 e. The van der Waals surface area contributed by atoms with Crippen molar-refractivity contribution in [1.29, 1.82) is 0 Å². The van der Waals surface area contributed by atoms with Crippen LogP contribution in [0.5, 0.6) is 0 Å². The smallest absolute Gasteiger partial charge is 0.0453 e. The van der Waals surface area contributed by atoms with Crippen LogP contribution in [0.25, 0.3) is 0 Å². The van der Waals surface area contributed by atoms with Crippen molar-refractivity contribution in [2.75, 3.05) is 27.2 Å². The standard InChI is InChI=1S/C14H23ClN2/c1-11-5-6-13(14(15)7-11)10-17(4)9-12(2)8-16-3/h5-7,12,16H,8-10H2,1-4H3. The minimum atomic E-state index is 0.647. The zero-order chi connectivity index (χ0) is 12.8. The van der Waals surface area contributed by atoms with E-state index >= 15 is 0 Å². The predicted octanol–water partition coefficient (Wildman–Crippen LogP) is 2.94. The number of hydrogen-bond donors (Lipinski definition) is 1. The van der Waals surface area contributed by atoms with Crippen LogP contribution in [0.1, 0.15) is 18.1 Å². The van der Waals surface area contributed by atoms with Gasteiger partial charge in [-0.1, -0.05) is 30.7 Å². The van der Waals surface area contributed by atoms with E-state index in [9.17, 15) is 0 Å². The number of benzene rings is 1. The van der Waals surface area contributed by atoms with Gasteiger partial charge in [-0.25, -0.2) is 0 Å². The molecule has 0 fully saturated rings. The normalized spacial score (nSPS) is 13.1. The zero-order valence-electron chi connectivity index (χ0n) is 11.3. The van der Waals surface area contributed by atoms with Crippen molar-refractivity contribution in [3.05, 3.63) is 34.3 Å². The quantitative estimate of drug-likeness (QED) is 0.840. The molecule has 1 atom stereocenters. The van der Waals surface area contributed by atoms with Gasteiger partial charge in [0.25, 0.3) is 0 Å². The molecule has 1 rings (SSSR count). The zero-order valence-corrected chi connectivity index (χ0v) is 12.0.